The number of thioether (sulfide) groups is 4. The van der Waals surface area contributed by atoms with E-state index in [9.17, 15) is 4.79 Å². The molecule has 4 aliphatic heterocycles. The van der Waals surface area contributed by atoms with Gasteiger partial charge in [-0.05, 0) is 125 Å². The van der Waals surface area contributed by atoms with Crippen LogP contribution in [-0.4, -0.2) is 75.0 Å². The molecule has 6 saturated carbocycles. The molecule has 12 rings (SSSR count). The molecule has 4 spiro atoms. The van der Waals surface area contributed by atoms with Crippen LogP contribution in [0.5, 0.6) is 0 Å². The molecule has 0 radical (unpaired) electrons. The summed E-state index contributed by atoms with van der Waals surface area (Å²) in [5.41, 5.74) is 5.06. The lowest BCUT2D eigenvalue weighted by molar-refractivity contribution is -0.244. The molecule has 0 bridgehead atoms. The summed E-state index contributed by atoms with van der Waals surface area (Å²) >= 11 is 8.73. The lowest BCUT2D eigenvalue weighted by Crippen LogP contribution is -2.57. The molecule has 0 N–H and O–H groups in total. The third-order valence-electron chi connectivity index (χ3n) is 18.4. The van der Waals surface area contributed by atoms with Gasteiger partial charge in [0.1, 0.15) is 5.78 Å². The van der Waals surface area contributed by atoms with Gasteiger partial charge in [0.25, 0.3) is 0 Å². The van der Waals surface area contributed by atoms with Crippen LogP contribution in [-0.2, 0) is 23.7 Å². The van der Waals surface area contributed by atoms with Crippen molar-refractivity contribution in [1.82, 2.24) is 0 Å². The van der Waals surface area contributed by atoms with Crippen LogP contribution in [0.15, 0.2) is 35.5 Å². The normalized spacial score (nSPS) is 44.2. The molecule has 5 nitrogen and oxygen atoms in total. The van der Waals surface area contributed by atoms with Gasteiger partial charge in [-0.3, -0.25) is 4.79 Å². The van der Waals surface area contributed by atoms with Gasteiger partial charge in [0, 0.05) is 59.0 Å². The second-order valence-electron chi connectivity index (χ2n) is 19.9. The summed E-state index contributed by atoms with van der Waals surface area (Å²) in [5.74, 6) is 10.0. The maximum absolute atomic E-state index is 13.7. The SMILES string of the molecule is C.C.C=C1C[C@@]2(CC)C(CCC23OCCO3)C2CCC3=CC4(CCC3C12)SCCS4.CC[C@]12CC(=O)C3C4CCC5(C=C4CCC3C1CCC21OCCO1)SCCS5. The van der Waals surface area contributed by atoms with Crippen LogP contribution >= 0.6 is 47.0 Å². The quantitative estimate of drug-likeness (QED) is 0.253. The van der Waals surface area contributed by atoms with Crippen molar-refractivity contribution in [3.8, 4) is 0 Å². The Balaban J connectivity index is 0.000000145. The molecule has 12 aliphatic rings. The van der Waals surface area contributed by atoms with Crippen LogP contribution in [0.2, 0.25) is 0 Å². The van der Waals surface area contributed by atoms with Crippen LogP contribution < -0.4 is 0 Å². The van der Waals surface area contributed by atoms with Crippen molar-refractivity contribution in [2.24, 2.45) is 58.2 Å². The summed E-state index contributed by atoms with van der Waals surface area (Å²) in [6.07, 6.45) is 24.3. The van der Waals surface area contributed by atoms with Gasteiger partial charge in [-0.25, -0.2) is 0 Å². The first kappa shape index (κ1) is 43.4. The number of fused-ring (bicyclic) bond motifs is 12. The molecule has 0 aromatic rings. The van der Waals surface area contributed by atoms with Crippen LogP contribution in [0.1, 0.15) is 131 Å². The molecule has 0 aromatic heterocycles. The Morgan fingerprint density at radius 3 is 1.50 bits per heavy atom. The molecule has 10 fully saturated rings. The number of carbonyl (C=O) groups excluding carboxylic acids is 1. The van der Waals surface area contributed by atoms with E-state index in [-0.39, 0.29) is 37.4 Å². The second kappa shape index (κ2) is 16.0. The zero-order valence-corrected chi connectivity index (χ0v) is 37.4. The Kier molecular flexibility index (Phi) is 12.0. The number of ketones is 1. The number of hydrogen-bond acceptors (Lipinski definition) is 9. The summed E-state index contributed by atoms with van der Waals surface area (Å²) in [7, 11) is 0. The van der Waals surface area contributed by atoms with E-state index in [1.807, 2.05) is 0 Å². The van der Waals surface area contributed by atoms with E-state index >= 15 is 0 Å². The first-order valence-corrected chi connectivity index (χ1v) is 26.9. The van der Waals surface area contributed by atoms with Crippen LogP contribution in [0.25, 0.3) is 0 Å². The van der Waals surface area contributed by atoms with Crippen molar-refractivity contribution >= 4 is 52.8 Å². The highest BCUT2D eigenvalue weighted by molar-refractivity contribution is 8.22. The fraction of sp³-hybridized carbons (Fsp3) is 0.857. The largest absolute Gasteiger partial charge is 0.347 e. The van der Waals surface area contributed by atoms with Crippen molar-refractivity contribution in [1.29, 1.82) is 0 Å². The number of ether oxygens (including phenoxy) is 4. The van der Waals surface area contributed by atoms with Gasteiger partial charge in [-0.15, -0.1) is 47.0 Å². The third kappa shape index (κ3) is 6.18. The molecule has 324 valence electrons. The fourth-order valence-corrected chi connectivity index (χ4v) is 22.8. The predicted molar refractivity (Wildman–Crippen MR) is 246 cm³/mol. The molecule has 4 saturated heterocycles. The highest BCUT2D eigenvalue weighted by Crippen LogP contribution is 2.71. The fourth-order valence-electron chi connectivity index (χ4n) is 16.4. The molecule has 0 amide bonds. The van der Waals surface area contributed by atoms with E-state index in [4.69, 9.17) is 25.5 Å². The minimum atomic E-state index is -0.461. The predicted octanol–water partition coefficient (Wildman–Crippen LogP) is 12.4. The van der Waals surface area contributed by atoms with Crippen molar-refractivity contribution in [2.45, 2.75) is 151 Å². The van der Waals surface area contributed by atoms with Gasteiger partial charge >= 0.3 is 0 Å². The summed E-state index contributed by atoms with van der Waals surface area (Å²) in [5, 5.41) is 0. The molecule has 58 heavy (non-hydrogen) atoms. The zero-order valence-electron chi connectivity index (χ0n) is 34.1. The zero-order chi connectivity index (χ0) is 38.0. The van der Waals surface area contributed by atoms with Crippen molar-refractivity contribution in [2.75, 3.05) is 49.4 Å². The van der Waals surface area contributed by atoms with Gasteiger partial charge in [0.05, 0.1) is 34.6 Å². The summed E-state index contributed by atoms with van der Waals surface area (Å²) in [4.78, 5) is 13.7. The number of hydrogen-bond donors (Lipinski definition) is 0. The molecular formula is C49H74O5S4. The molecule has 8 aliphatic carbocycles. The average Bonchev–Trinajstić information content (AvgIpc) is 4.09. The molecule has 4 heterocycles. The van der Waals surface area contributed by atoms with Gasteiger partial charge in [-0.1, -0.05) is 64.2 Å². The molecule has 9 heteroatoms. The molecule has 8 unspecified atom stereocenters. The second-order valence-corrected chi connectivity index (χ2v) is 26.1. The van der Waals surface area contributed by atoms with E-state index in [1.165, 1.54) is 99.2 Å². The standard InChI is InChI=1S/C24H34O2S2.C23H32O3S2.2CH4/c1-3-22-14-16(2)21-18-6-8-23(27-12-13-28-23)15-17(18)4-5-19(21)20(22)7-9-24(22)25-10-11-26-24;1-2-21-14-19(24)20-16-5-7-22(27-11-12-28-22)13-15(16)3-4-17(20)18(21)6-8-23(21)25-9-10-26-23;;/h15,18-21H,2-14H2,1H3;13,16-18,20H,2-12,14H2,1H3;2*1H4/t18?,19?,20?,21?,22-;16?,17?,18?,20?,21-;;/m00../s1. The number of carbonyl (C=O) groups is 1. The van der Waals surface area contributed by atoms with Gasteiger partial charge in [0.2, 0.25) is 0 Å². The Labute approximate surface area is 368 Å². The molecule has 0 aromatic carbocycles. The lowest BCUT2D eigenvalue weighted by Gasteiger charge is -2.57. The lowest BCUT2D eigenvalue weighted by atomic mass is 9.49. The Morgan fingerprint density at radius 1 is 0.603 bits per heavy atom. The summed E-state index contributed by atoms with van der Waals surface area (Å²) in [6, 6.07) is 0. The van der Waals surface area contributed by atoms with Crippen LogP contribution in [0, 0.1) is 58.2 Å². The molecular weight excluding hydrogens is 797 g/mol. The van der Waals surface area contributed by atoms with Crippen LogP contribution in [0.3, 0.4) is 0 Å². The van der Waals surface area contributed by atoms with Crippen molar-refractivity contribution < 1.29 is 23.7 Å². The highest BCUT2D eigenvalue weighted by Gasteiger charge is 2.70. The number of allylic oxidation sites excluding steroid dienone is 3. The smallest absolute Gasteiger partial charge is 0.174 e. The van der Waals surface area contributed by atoms with Crippen LogP contribution in [0.4, 0.5) is 0 Å². The average molecular weight is 871 g/mol. The first-order valence-electron chi connectivity index (χ1n) is 23.0. The summed E-state index contributed by atoms with van der Waals surface area (Å²) in [6.45, 7) is 12.3. The molecule has 10 atom stereocenters. The summed E-state index contributed by atoms with van der Waals surface area (Å²) < 4.78 is 26.1. The van der Waals surface area contributed by atoms with Gasteiger partial charge < -0.3 is 18.9 Å². The van der Waals surface area contributed by atoms with Gasteiger partial charge in [0.15, 0.2) is 11.6 Å². The monoisotopic (exact) mass is 870 g/mol. The maximum Gasteiger partial charge on any atom is 0.174 e. The van der Waals surface area contributed by atoms with E-state index in [1.54, 1.807) is 11.1 Å². The van der Waals surface area contributed by atoms with Gasteiger partial charge in [-0.2, -0.15) is 0 Å². The Morgan fingerprint density at radius 2 is 1.03 bits per heavy atom. The Hall–Kier alpha value is 0.130. The number of rotatable bonds is 2. The highest BCUT2D eigenvalue weighted by atomic mass is 32.2. The minimum Gasteiger partial charge on any atom is -0.347 e. The van der Waals surface area contributed by atoms with Crippen molar-refractivity contribution in [3.63, 3.8) is 0 Å². The van der Waals surface area contributed by atoms with Crippen molar-refractivity contribution in [3.05, 3.63) is 35.5 Å². The van der Waals surface area contributed by atoms with E-state index in [2.05, 4.69) is 73.0 Å². The Bertz CT molecular complexity index is 1530. The van der Waals surface area contributed by atoms with E-state index < -0.39 is 5.79 Å². The number of Topliss-reactive ketones (excluding diaryl/α,β-unsaturated/α-hetero) is 1. The van der Waals surface area contributed by atoms with E-state index in [0.717, 1.165) is 62.6 Å². The first-order chi connectivity index (χ1) is 27.2. The maximum atomic E-state index is 13.7. The minimum absolute atomic E-state index is 0. The topological polar surface area (TPSA) is 54.0 Å². The van der Waals surface area contributed by atoms with E-state index in [0.29, 0.717) is 51.3 Å². The third-order valence-corrected chi connectivity index (χ3v) is 25.2.